The third-order valence-electron chi connectivity index (χ3n) is 1.83. The fourth-order valence-electron chi connectivity index (χ4n) is 1.13. The molecule has 0 bridgehead atoms. The highest BCUT2D eigenvalue weighted by Crippen LogP contribution is 2.22. The second kappa shape index (κ2) is 4.90. The van der Waals surface area contributed by atoms with Gasteiger partial charge in [-0.2, -0.15) is 0 Å². The Morgan fingerprint density at radius 2 is 2.08 bits per heavy atom. The van der Waals surface area contributed by atoms with Gasteiger partial charge in [-0.05, 0) is 29.6 Å². The maximum Gasteiger partial charge on any atom is 0.0622 e. The highest BCUT2D eigenvalue weighted by atomic mass is 79.9. The van der Waals surface area contributed by atoms with E-state index in [1.54, 1.807) is 0 Å². The summed E-state index contributed by atoms with van der Waals surface area (Å²) in [6.07, 6.45) is 0.825. The van der Waals surface area contributed by atoms with Gasteiger partial charge >= 0.3 is 0 Å². The molecule has 3 nitrogen and oxygen atoms in total. The summed E-state index contributed by atoms with van der Waals surface area (Å²) in [4.78, 5) is 2.82. The van der Waals surface area contributed by atoms with Crippen LogP contribution < -0.4 is 0 Å². The first-order chi connectivity index (χ1) is 6.27. The molecule has 1 aromatic carbocycles. The summed E-state index contributed by atoms with van der Waals surface area (Å²) in [5.41, 5.74) is 9.39. The van der Waals surface area contributed by atoms with Crippen LogP contribution in [0, 0.1) is 0 Å². The fourth-order valence-corrected chi connectivity index (χ4v) is 1.40. The number of nitrogens with zero attached hydrogens (tertiary/aromatic N) is 3. The van der Waals surface area contributed by atoms with Gasteiger partial charge in [0.05, 0.1) is 6.04 Å². The van der Waals surface area contributed by atoms with Gasteiger partial charge in [-0.3, -0.25) is 0 Å². The van der Waals surface area contributed by atoms with E-state index in [1.165, 1.54) is 0 Å². The number of rotatable bonds is 3. The van der Waals surface area contributed by atoms with Crippen molar-refractivity contribution in [2.45, 2.75) is 19.4 Å². The first-order valence-electron chi connectivity index (χ1n) is 4.07. The summed E-state index contributed by atoms with van der Waals surface area (Å²) >= 11 is 3.35. The van der Waals surface area contributed by atoms with Gasteiger partial charge in [-0.1, -0.05) is 40.1 Å². The molecule has 0 N–H and O–H groups in total. The SMILES string of the molecule is CC[C@H](N=[N+]=[N-])c1ccc(Br)cc1. The van der Waals surface area contributed by atoms with E-state index in [1.807, 2.05) is 31.2 Å². The average Bonchev–Trinajstić information content (AvgIpc) is 2.16. The minimum Gasteiger partial charge on any atom is -0.0859 e. The molecule has 0 aliphatic heterocycles. The molecule has 0 saturated heterocycles. The van der Waals surface area contributed by atoms with Crippen LogP contribution in [0.15, 0.2) is 33.9 Å². The Kier molecular flexibility index (Phi) is 3.80. The first kappa shape index (κ1) is 10.1. The van der Waals surface area contributed by atoms with Gasteiger partial charge in [0.25, 0.3) is 0 Å². The zero-order chi connectivity index (χ0) is 9.68. The van der Waals surface area contributed by atoms with E-state index in [0.717, 1.165) is 16.5 Å². The predicted molar refractivity (Wildman–Crippen MR) is 56.3 cm³/mol. The van der Waals surface area contributed by atoms with E-state index >= 15 is 0 Å². The van der Waals surface area contributed by atoms with Gasteiger partial charge in [-0.25, -0.2) is 0 Å². The molecule has 0 unspecified atom stereocenters. The lowest BCUT2D eigenvalue weighted by atomic mass is 10.1. The van der Waals surface area contributed by atoms with Crippen LogP contribution in [0.4, 0.5) is 0 Å². The molecule has 1 aromatic rings. The van der Waals surface area contributed by atoms with Crippen molar-refractivity contribution in [3.05, 3.63) is 44.7 Å². The van der Waals surface area contributed by atoms with Crippen molar-refractivity contribution in [2.24, 2.45) is 5.11 Å². The summed E-state index contributed by atoms with van der Waals surface area (Å²) in [6.45, 7) is 2.00. The van der Waals surface area contributed by atoms with Crippen molar-refractivity contribution in [3.8, 4) is 0 Å². The van der Waals surface area contributed by atoms with Crippen molar-refractivity contribution in [1.82, 2.24) is 0 Å². The Hall–Kier alpha value is -0.990. The van der Waals surface area contributed by atoms with E-state index < -0.39 is 0 Å². The smallest absolute Gasteiger partial charge is 0.0622 e. The highest BCUT2D eigenvalue weighted by Gasteiger charge is 2.05. The molecular formula is C9H10BrN3. The molecule has 1 atom stereocenters. The van der Waals surface area contributed by atoms with Gasteiger partial charge in [-0.15, -0.1) is 0 Å². The minimum atomic E-state index is -0.0434. The van der Waals surface area contributed by atoms with Gasteiger partial charge in [0, 0.05) is 9.38 Å². The second-order valence-corrected chi connectivity index (χ2v) is 3.60. The van der Waals surface area contributed by atoms with Crippen LogP contribution in [0.1, 0.15) is 24.9 Å². The van der Waals surface area contributed by atoms with Crippen molar-refractivity contribution in [1.29, 1.82) is 0 Å². The lowest BCUT2D eigenvalue weighted by Gasteiger charge is -2.07. The van der Waals surface area contributed by atoms with Crippen LogP contribution in [0.5, 0.6) is 0 Å². The van der Waals surface area contributed by atoms with Crippen LogP contribution in [0.3, 0.4) is 0 Å². The van der Waals surface area contributed by atoms with E-state index in [0.29, 0.717) is 0 Å². The van der Waals surface area contributed by atoms with E-state index in [-0.39, 0.29) is 6.04 Å². The summed E-state index contributed by atoms with van der Waals surface area (Å²) in [5.74, 6) is 0. The second-order valence-electron chi connectivity index (χ2n) is 2.68. The first-order valence-corrected chi connectivity index (χ1v) is 4.87. The molecule has 0 aromatic heterocycles. The number of halogens is 1. The normalized spacial score (nSPS) is 11.8. The Balaban J connectivity index is 2.91. The average molecular weight is 240 g/mol. The van der Waals surface area contributed by atoms with Crippen molar-refractivity contribution < 1.29 is 0 Å². The zero-order valence-corrected chi connectivity index (χ0v) is 8.90. The maximum absolute atomic E-state index is 8.33. The van der Waals surface area contributed by atoms with Gasteiger partial charge in [0.1, 0.15) is 0 Å². The Bertz CT molecular complexity index is 314. The van der Waals surface area contributed by atoms with Gasteiger partial charge < -0.3 is 0 Å². The number of azide groups is 1. The number of hydrogen-bond acceptors (Lipinski definition) is 1. The molecule has 0 aliphatic rings. The quantitative estimate of drug-likeness (QED) is 0.431. The van der Waals surface area contributed by atoms with Crippen molar-refractivity contribution >= 4 is 15.9 Å². The molecule has 0 heterocycles. The molecule has 68 valence electrons. The number of benzene rings is 1. The molecular weight excluding hydrogens is 230 g/mol. The lowest BCUT2D eigenvalue weighted by molar-refractivity contribution is 0.693. The lowest BCUT2D eigenvalue weighted by Crippen LogP contribution is -1.91. The summed E-state index contributed by atoms with van der Waals surface area (Å²) in [6, 6.07) is 7.79. The topological polar surface area (TPSA) is 48.8 Å². The zero-order valence-electron chi connectivity index (χ0n) is 7.31. The van der Waals surface area contributed by atoms with E-state index in [4.69, 9.17) is 5.53 Å². The Morgan fingerprint density at radius 3 is 2.54 bits per heavy atom. The maximum atomic E-state index is 8.33. The molecule has 4 heteroatoms. The van der Waals surface area contributed by atoms with Crippen LogP contribution >= 0.6 is 15.9 Å². The van der Waals surface area contributed by atoms with Crippen LogP contribution in [0.25, 0.3) is 10.4 Å². The van der Waals surface area contributed by atoms with Crippen molar-refractivity contribution in [3.63, 3.8) is 0 Å². The summed E-state index contributed by atoms with van der Waals surface area (Å²) in [7, 11) is 0. The monoisotopic (exact) mass is 239 g/mol. The third kappa shape index (κ3) is 2.76. The molecule has 13 heavy (non-hydrogen) atoms. The molecule has 0 radical (unpaired) electrons. The molecule has 0 amide bonds. The van der Waals surface area contributed by atoms with Crippen LogP contribution in [-0.4, -0.2) is 0 Å². The Labute approximate surface area is 85.5 Å². The van der Waals surface area contributed by atoms with Gasteiger partial charge in [0.2, 0.25) is 0 Å². The molecule has 0 saturated carbocycles. The predicted octanol–water partition coefficient (Wildman–Crippen LogP) is 4.21. The van der Waals surface area contributed by atoms with Gasteiger partial charge in [0.15, 0.2) is 0 Å². The third-order valence-corrected chi connectivity index (χ3v) is 2.36. The largest absolute Gasteiger partial charge is 0.0859 e. The Morgan fingerprint density at radius 1 is 1.46 bits per heavy atom. The van der Waals surface area contributed by atoms with Crippen molar-refractivity contribution in [2.75, 3.05) is 0 Å². The standard InChI is InChI=1S/C9H10BrN3/c1-2-9(12-13-11)7-3-5-8(10)6-4-7/h3-6,9H,2H2,1H3/t9-/m0/s1. The number of hydrogen-bond donors (Lipinski definition) is 0. The fraction of sp³-hybridized carbons (Fsp3) is 0.333. The highest BCUT2D eigenvalue weighted by molar-refractivity contribution is 9.10. The van der Waals surface area contributed by atoms with Crippen LogP contribution in [0.2, 0.25) is 0 Å². The summed E-state index contributed by atoms with van der Waals surface area (Å²) < 4.78 is 1.03. The minimum absolute atomic E-state index is 0.0434. The molecule has 0 fully saturated rings. The molecule has 0 spiro atoms. The summed E-state index contributed by atoms with van der Waals surface area (Å²) in [5, 5.41) is 3.71. The van der Waals surface area contributed by atoms with E-state index in [9.17, 15) is 0 Å². The molecule has 1 rings (SSSR count). The van der Waals surface area contributed by atoms with Crippen LogP contribution in [-0.2, 0) is 0 Å². The molecule has 0 aliphatic carbocycles. The van der Waals surface area contributed by atoms with E-state index in [2.05, 4.69) is 26.0 Å².